The lowest BCUT2D eigenvalue weighted by molar-refractivity contribution is -0.134. The Morgan fingerprint density at radius 1 is 1.09 bits per heavy atom. The highest BCUT2D eigenvalue weighted by Gasteiger charge is 2.22. The van der Waals surface area contributed by atoms with Gasteiger partial charge in [0.1, 0.15) is 23.9 Å². The molecule has 0 unspecified atom stereocenters. The topological polar surface area (TPSA) is 132 Å². The van der Waals surface area contributed by atoms with Gasteiger partial charge >= 0.3 is 0 Å². The van der Waals surface area contributed by atoms with E-state index in [1.54, 1.807) is 21.1 Å². The summed E-state index contributed by atoms with van der Waals surface area (Å²) >= 11 is 0. The number of aliphatic imine (C=N–C) groups is 1. The molecule has 170 valence electrons. The van der Waals surface area contributed by atoms with Gasteiger partial charge in [0.25, 0.3) is 5.97 Å². The van der Waals surface area contributed by atoms with Gasteiger partial charge in [-0.15, -0.1) is 0 Å². The number of aromatic nitrogens is 2. The molecule has 0 radical (unpaired) electrons. The fraction of sp³-hybridized carbons (Fsp3) is 0.261. The standard InChI is InChI=1S/C21H24N4O3.C2H4O2/c1-13-19(21(25-24-13)23-14(2)22)20-17(26-3)10-16(11-18(20)27-4)28-12-15-8-6-5-7-9-15;1-2(3)4/h5-11H,12H2,1-4H3,(H3,22,23,24,25);1H3,(H,3,4). The van der Waals surface area contributed by atoms with Crippen LogP contribution in [0.15, 0.2) is 47.5 Å². The highest BCUT2D eigenvalue weighted by Crippen LogP contribution is 2.46. The van der Waals surface area contributed by atoms with Crippen molar-refractivity contribution < 1.29 is 24.1 Å². The molecule has 2 aromatic carbocycles. The van der Waals surface area contributed by atoms with Crippen LogP contribution in [0.5, 0.6) is 17.2 Å². The van der Waals surface area contributed by atoms with Crippen molar-refractivity contribution in [2.75, 3.05) is 14.2 Å². The smallest absolute Gasteiger partial charge is 0.300 e. The van der Waals surface area contributed by atoms with E-state index < -0.39 is 5.97 Å². The fourth-order valence-corrected chi connectivity index (χ4v) is 2.92. The molecule has 0 amide bonds. The van der Waals surface area contributed by atoms with Gasteiger partial charge in [-0.05, 0) is 19.4 Å². The third-order valence-corrected chi connectivity index (χ3v) is 4.19. The number of hydrogen-bond acceptors (Lipinski definition) is 6. The molecular weight excluding hydrogens is 412 g/mol. The van der Waals surface area contributed by atoms with E-state index in [0.29, 0.717) is 35.5 Å². The molecular formula is C23H28N4O5. The summed E-state index contributed by atoms with van der Waals surface area (Å²) in [6.07, 6.45) is 0. The largest absolute Gasteiger partial charge is 0.496 e. The zero-order valence-electron chi connectivity index (χ0n) is 18.8. The average molecular weight is 441 g/mol. The Bertz CT molecular complexity index is 1040. The molecule has 0 aliphatic rings. The number of carboxylic acid groups (broad SMARTS) is 1. The van der Waals surface area contributed by atoms with Gasteiger partial charge in [0.05, 0.1) is 31.2 Å². The van der Waals surface area contributed by atoms with Gasteiger partial charge in [-0.1, -0.05) is 30.3 Å². The second-order valence-corrected chi connectivity index (χ2v) is 6.80. The Labute approximate surface area is 186 Å². The van der Waals surface area contributed by atoms with Crippen molar-refractivity contribution in [1.82, 2.24) is 10.2 Å². The molecule has 0 bridgehead atoms. The van der Waals surface area contributed by atoms with Crippen LogP contribution in [-0.4, -0.2) is 41.3 Å². The Morgan fingerprint density at radius 3 is 2.16 bits per heavy atom. The Morgan fingerprint density at radius 2 is 1.66 bits per heavy atom. The fourth-order valence-electron chi connectivity index (χ4n) is 2.92. The third kappa shape index (κ3) is 6.49. The van der Waals surface area contributed by atoms with Crippen LogP contribution < -0.4 is 19.9 Å². The van der Waals surface area contributed by atoms with Crippen LogP contribution >= 0.6 is 0 Å². The molecule has 0 aliphatic carbocycles. The summed E-state index contributed by atoms with van der Waals surface area (Å²) in [4.78, 5) is 13.3. The van der Waals surface area contributed by atoms with Crippen molar-refractivity contribution in [3.8, 4) is 28.4 Å². The summed E-state index contributed by atoms with van der Waals surface area (Å²) in [6, 6.07) is 13.6. The van der Waals surface area contributed by atoms with Crippen molar-refractivity contribution >= 4 is 17.6 Å². The second kappa shape index (κ2) is 11.4. The maximum absolute atomic E-state index is 9.00. The number of methoxy groups -OCH3 is 2. The lowest BCUT2D eigenvalue weighted by Crippen LogP contribution is -2.04. The van der Waals surface area contributed by atoms with Gasteiger partial charge in [-0.3, -0.25) is 9.89 Å². The van der Waals surface area contributed by atoms with E-state index in [4.69, 9.17) is 29.8 Å². The Hall–Kier alpha value is -4.01. The predicted molar refractivity (Wildman–Crippen MR) is 123 cm³/mol. The van der Waals surface area contributed by atoms with Crippen molar-refractivity contribution in [1.29, 1.82) is 0 Å². The summed E-state index contributed by atoms with van der Waals surface area (Å²) < 4.78 is 17.2. The summed E-state index contributed by atoms with van der Waals surface area (Å²) in [7, 11) is 3.21. The van der Waals surface area contributed by atoms with Gasteiger partial charge < -0.3 is 25.1 Å². The van der Waals surface area contributed by atoms with Gasteiger partial charge in [0, 0.05) is 24.8 Å². The van der Waals surface area contributed by atoms with Crippen LogP contribution in [0.4, 0.5) is 5.82 Å². The van der Waals surface area contributed by atoms with E-state index in [1.807, 2.05) is 49.4 Å². The molecule has 9 nitrogen and oxygen atoms in total. The van der Waals surface area contributed by atoms with Crippen molar-refractivity contribution in [3.63, 3.8) is 0 Å². The minimum atomic E-state index is -0.833. The van der Waals surface area contributed by atoms with Crippen LogP contribution in [0.3, 0.4) is 0 Å². The minimum absolute atomic E-state index is 0.411. The van der Waals surface area contributed by atoms with Crippen LogP contribution in [-0.2, 0) is 11.4 Å². The van der Waals surface area contributed by atoms with Gasteiger partial charge in [0.2, 0.25) is 0 Å². The van der Waals surface area contributed by atoms with Crippen molar-refractivity contribution in [2.24, 2.45) is 10.7 Å². The zero-order valence-corrected chi connectivity index (χ0v) is 18.8. The molecule has 0 atom stereocenters. The molecule has 0 spiro atoms. The molecule has 1 heterocycles. The maximum Gasteiger partial charge on any atom is 0.300 e. The highest BCUT2D eigenvalue weighted by molar-refractivity contribution is 5.89. The molecule has 32 heavy (non-hydrogen) atoms. The van der Waals surface area contributed by atoms with E-state index in [-0.39, 0.29) is 0 Å². The number of benzene rings is 2. The van der Waals surface area contributed by atoms with Crippen LogP contribution in [0.2, 0.25) is 0 Å². The van der Waals surface area contributed by atoms with E-state index in [1.165, 1.54) is 0 Å². The summed E-state index contributed by atoms with van der Waals surface area (Å²) in [6.45, 7) is 5.15. The first-order valence-corrected chi connectivity index (χ1v) is 9.75. The van der Waals surface area contributed by atoms with Gasteiger partial charge in [-0.25, -0.2) is 4.99 Å². The zero-order chi connectivity index (χ0) is 23.7. The van der Waals surface area contributed by atoms with Crippen molar-refractivity contribution in [3.05, 3.63) is 53.7 Å². The van der Waals surface area contributed by atoms with E-state index in [9.17, 15) is 0 Å². The number of aliphatic carboxylic acids is 1. The average Bonchev–Trinajstić information content (AvgIpc) is 3.10. The second-order valence-electron chi connectivity index (χ2n) is 6.80. The minimum Gasteiger partial charge on any atom is -0.496 e. The SMILES string of the molecule is CC(=O)O.COc1cc(OCc2ccccc2)cc(OC)c1-c1c(N=C(C)N)n[nH]c1C. The molecule has 0 fully saturated rings. The van der Waals surface area contributed by atoms with E-state index >= 15 is 0 Å². The molecule has 0 aliphatic heterocycles. The quantitative estimate of drug-likeness (QED) is 0.372. The number of hydrogen-bond donors (Lipinski definition) is 3. The lowest BCUT2D eigenvalue weighted by atomic mass is 10.0. The normalized spacial score (nSPS) is 10.7. The summed E-state index contributed by atoms with van der Waals surface area (Å²) in [5, 5.41) is 14.6. The van der Waals surface area contributed by atoms with Crippen LogP contribution in [0.1, 0.15) is 25.1 Å². The Kier molecular flexibility index (Phi) is 8.64. The number of H-pyrrole nitrogens is 1. The first-order valence-electron chi connectivity index (χ1n) is 9.75. The first kappa shape index (κ1) is 24.3. The molecule has 3 rings (SSSR count). The number of aromatic amines is 1. The number of amidine groups is 1. The van der Waals surface area contributed by atoms with Crippen LogP contribution in [0.25, 0.3) is 11.1 Å². The summed E-state index contributed by atoms with van der Waals surface area (Å²) in [5.74, 6) is 1.89. The molecule has 4 N–H and O–H groups in total. The number of nitrogens with one attached hydrogen (secondary N) is 1. The number of ether oxygens (including phenoxy) is 3. The number of carbonyl (C=O) groups is 1. The number of carboxylic acids is 1. The van der Waals surface area contributed by atoms with E-state index in [2.05, 4.69) is 15.2 Å². The maximum atomic E-state index is 9.00. The molecule has 0 saturated heterocycles. The first-order chi connectivity index (χ1) is 15.3. The van der Waals surface area contributed by atoms with Gasteiger partial charge in [0.15, 0.2) is 5.82 Å². The monoisotopic (exact) mass is 440 g/mol. The van der Waals surface area contributed by atoms with E-state index in [0.717, 1.165) is 29.3 Å². The van der Waals surface area contributed by atoms with Gasteiger partial charge in [-0.2, -0.15) is 5.10 Å². The number of nitrogens with two attached hydrogens (primary N) is 1. The molecule has 9 heteroatoms. The molecule has 3 aromatic rings. The number of rotatable bonds is 7. The van der Waals surface area contributed by atoms with Crippen LogP contribution in [0, 0.1) is 6.92 Å². The molecule has 0 saturated carbocycles. The summed E-state index contributed by atoms with van der Waals surface area (Å²) in [5.41, 5.74) is 9.17. The lowest BCUT2D eigenvalue weighted by Gasteiger charge is -2.16. The predicted octanol–water partition coefficient (Wildman–Crippen LogP) is 4.08. The van der Waals surface area contributed by atoms with Crippen molar-refractivity contribution in [2.45, 2.75) is 27.4 Å². The number of aryl methyl sites for hydroxylation is 1. The number of nitrogens with zero attached hydrogens (tertiary/aromatic N) is 2. The third-order valence-electron chi connectivity index (χ3n) is 4.19. The highest BCUT2D eigenvalue weighted by atomic mass is 16.5. The Balaban J connectivity index is 0.000000837. The molecule has 1 aromatic heterocycles.